The zero-order valence-electron chi connectivity index (χ0n) is 13.1. The average Bonchev–Trinajstić information content (AvgIpc) is 2.80. The van der Waals surface area contributed by atoms with Crippen molar-refractivity contribution in [2.24, 2.45) is 0 Å². The molecule has 2 amide bonds. The van der Waals surface area contributed by atoms with E-state index in [0.717, 1.165) is 5.56 Å². The lowest BCUT2D eigenvalue weighted by Crippen LogP contribution is -2.61. The number of aromatic nitrogens is 1. The van der Waals surface area contributed by atoms with Crippen LogP contribution in [0, 0.1) is 6.92 Å². The van der Waals surface area contributed by atoms with E-state index < -0.39 is 21.9 Å². The smallest absolute Gasteiger partial charge is 0.256 e. The van der Waals surface area contributed by atoms with E-state index in [9.17, 15) is 18.0 Å². The van der Waals surface area contributed by atoms with Gasteiger partial charge in [0.2, 0.25) is 5.91 Å². The fourth-order valence-electron chi connectivity index (χ4n) is 3.44. The van der Waals surface area contributed by atoms with Crippen LogP contribution in [-0.2, 0) is 14.6 Å². The van der Waals surface area contributed by atoms with Gasteiger partial charge in [0.25, 0.3) is 5.91 Å². The molecule has 3 rings (SSSR count). The first kappa shape index (κ1) is 15.9. The lowest BCUT2D eigenvalue weighted by Gasteiger charge is -2.43. The monoisotopic (exact) mass is 337 g/mol. The first-order valence-electron chi connectivity index (χ1n) is 7.49. The number of nitrogens with zero attached hydrogens (tertiary/aromatic N) is 3. The predicted molar refractivity (Wildman–Crippen MR) is 83.6 cm³/mol. The zero-order chi connectivity index (χ0) is 16.8. The third kappa shape index (κ3) is 2.83. The van der Waals surface area contributed by atoms with E-state index in [-0.39, 0.29) is 23.3 Å². The molecule has 1 aromatic rings. The molecular formula is C15H19N3O4S. The summed E-state index contributed by atoms with van der Waals surface area (Å²) in [6.07, 6.45) is 3.12. The second-order valence-electron chi connectivity index (χ2n) is 6.11. The molecule has 2 aliphatic rings. The number of hydrogen-bond acceptors (Lipinski definition) is 5. The highest BCUT2D eigenvalue weighted by atomic mass is 32.2. The Morgan fingerprint density at radius 2 is 1.78 bits per heavy atom. The van der Waals surface area contributed by atoms with Crippen molar-refractivity contribution in [3.8, 4) is 0 Å². The van der Waals surface area contributed by atoms with Gasteiger partial charge in [-0.3, -0.25) is 14.6 Å². The van der Waals surface area contributed by atoms with E-state index in [1.54, 1.807) is 22.1 Å². The van der Waals surface area contributed by atoms with E-state index in [0.29, 0.717) is 18.7 Å². The van der Waals surface area contributed by atoms with Crippen molar-refractivity contribution in [1.29, 1.82) is 0 Å². The SMILES string of the molecule is CC(=O)N1CCN(C(=O)c2cnccc2C)[C@H]2CS(=O)(=O)C[C@H]21. The van der Waals surface area contributed by atoms with Crippen molar-refractivity contribution < 1.29 is 18.0 Å². The van der Waals surface area contributed by atoms with Crippen molar-refractivity contribution >= 4 is 21.7 Å². The van der Waals surface area contributed by atoms with E-state index in [1.807, 2.05) is 6.92 Å². The highest BCUT2D eigenvalue weighted by Gasteiger charge is 2.49. The Bertz CT molecular complexity index is 762. The number of carbonyl (C=O) groups excluding carboxylic acids is 2. The number of sulfone groups is 1. The summed E-state index contributed by atoms with van der Waals surface area (Å²) in [6, 6.07) is 0.819. The fourth-order valence-corrected chi connectivity index (χ4v) is 5.42. The maximum Gasteiger partial charge on any atom is 0.256 e. The largest absolute Gasteiger partial charge is 0.335 e. The molecule has 0 saturated carbocycles. The summed E-state index contributed by atoms with van der Waals surface area (Å²) in [7, 11) is -3.26. The normalized spacial score (nSPS) is 26.0. The summed E-state index contributed by atoms with van der Waals surface area (Å²) >= 11 is 0. The van der Waals surface area contributed by atoms with Crippen LogP contribution in [0.3, 0.4) is 0 Å². The van der Waals surface area contributed by atoms with E-state index in [2.05, 4.69) is 4.98 Å². The number of pyridine rings is 1. The number of aryl methyl sites for hydroxylation is 1. The van der Waals surface area contributed by atoms with Crippen LogP contribution in [0.1, 0.15) is 22.8 Å². The van der Waals surface area contributed by atoms with Gasteiger partial charge in [-0.2, -0.15) is 0 Å². The molecule has 0 aromatic carbocycles. The summed E-state index contributed by atoms with van der Waals surface area (Å²) in [5.74, 6) is -0.535. The van der Waals surface area contributed by atoms with Gasteiger partial charge in [-0.1, -0.05) is 0 Å². The van der Waals surface area contributed by atoms with Crippen LogP contribution in [0.4, 0.5) is 0 Å². The molecule has 2 fully saturated rings. The van der Waals surface area contributed by atoms with Crippen molar-refractivity contribution in [2.75, 3.05) is 24.6 Å². The van der Waals surface area contributed by atoms with Crippen molar-refractivity contribution in [2.45, 2.75) is 25.9 Å². The second kappa shape index (κ2) is 5.59. The number of amides is 2. The number of carbonyl (C=O) groups is 2. The molecule has 2 saturated heterocycles. The molecule has 0 bridgehead atoms. The molecule has 3 heterocycles. The Kier molecular flexibility index (Phi) is 3.87. The maximum absolute atomic E-state index is 12.8. The Morgan fingerprint density at radius 1 is 1.17 bits per heavy atom. The van der Waals surface area contributed by atoms with Gasteiger partial charge in [0.1, 0.15) is 0 Å². The van der Waals surface area contributed by atoms with Gasteiger partial charge >= 0.3 is 0 Å². The topological polar surface area (TPSA) is 87.7 Å². The maximum atomic E-state index is 12.8. The number of hydrogen-bond donors (Lipinski definition) is 0. The molecule has 2 aliphatic heterocycles. The van der Waals surface area contributed by atoms with E-state index >= 15 is 0 Å². The van der Waals surface area contributed by atoms with Gasteiger partial charge in [-0.05, 0) is 18.6 Å². The van der Waals surface area contributed by atoms with Crippen molar-refractivity contribution in [3.63, 3.8) is 0 Å². The van der Waals surface area contributed by atoms with Crippen molar-refractivity contribution in [3.05, 3.63) is 29.6 Å². The average molecular weight is 337 g/mol. The van der Waals surface area contributed by atoms with Gasteiger partial charge < -0.3 is 9.80 Å². The fraction of sp³-hybridized carbons (Fsp3) is 0.533. The van der Waals surface area contributed by atoms with Crippen LogP contribution in [0.5, 0.6) is 0 Å². The summed E-state index contributed by atoms with van der Waals surface area (Å²) in [4.78, 5) is 31.8. The number of piperazine rings is 1. The van der Waals surface area contributed by atoms with Crippen LogP contribution in [0.15, 0.2) is 18.5 Å². The van der Waals surface area contributed by atoms with E-state index in [4.69, 9.17) is 0 Å². The van der Waals surface area contributed by atoms with Gasteiger partial charge in [-0.15, -0.1) is 0 Å². The van der Waals surface area contributed by atoms with Gasteiger partial charge in [0.15, 0.2) is 9.84 Å². The molecule has 0 unspecified atom stereocenters. The number of fused-ring (bicyclic) bond motifs is 1. The molecule has 8 heteroatoms. The van der Waals surface area contributed by atoms with Crippen LogP contribution in [0.25, 0.3) is 0 Å². The minimum atomic E-state index is -3.26. The lowest BCUT2D eigenvalue weighted by molar-refractivity contribution is -0.133. The molecule has 0 aliphatic carbocycles. The molecule has 7 nitrogen and oxygen atoms in total. The van der Waals surface area contributed by atoms with Crippen LogP contribution < -0.4 is 0 Å². The molecular weight excluding hydrogens is 318 g/mol. The Morgan fingerprint density at radius 3 is 2.39 bits per heavy atom. The third-order valence-electron chi connectivity index (χ3n) is 4.61. The molecule has 0 radical (unpaired) electrons. The highest BCUT2D eigenvalue weighted by molar-refractivity contribution is 7.91. The molecule has 124 valence electrons. The van der Waals surface area contributed by atoms with Crippen LogP contribution >= 0.6 is 0 Å². The standard InChI is InChI=1S/C15H19N3O4S/c1-10-3-4-16-7-12(10)15(20)18-6-5-17(11(2)19)13-8-23(21,22)9-14(13)18/h3-4,7,13-14H,5-6,8-9H2,1-2H3/t13-,14+/m1/s1. The van der Waals surface area contributed by atoms with E-state index in [1.165, 1.54) is 13.1 Å². The Balaban J connectivity index is 1.94. The zero-order valence-corrected chi connectivity index (χ0v) is 13.9. The quantitative estimate of drug-likeness (QED) is 0.712. The molecule has 1 aromatic heterocycles. The predicted octanol–water partition coefficient (Wildman–Crippen LogP) is -0.140. The minimum absolute atomic E-state index is 0.0763. The summed E-state index contributed by atoms with van der Waals surface area (Å²) in [5.41, 5.74) is 1.28. The first-order valence-corrected chi connectivity index (χ1v) is 9.31. The lowest BCUT2D eigenvalue weighted by atomic mass is 10.0. The third-order valence-corrected chi connectivity index (χ3v) is 6.31. The van der Waals surface area contributed by atoms with Crippen LogP contribution in [0.2, 0.25) is 0 Å². The Labute approximate surface area is 135 Å². The summed E-state index contributed by atoms with van der Waals surface area (Å²) in [5, 5.41) is 0. The second-order valence-corrected chi connectivity index (χ2v) is 8.27. The summed E-state index contributed by atoms with van der Waals surface area (Å²) < 4.78 is 24.1. The van der Waals surface area contributed by atoms with Crippen molar-refractivity contribution in [1.82, 2.24) is 14.8 Å². The first-order chi connectivity index (χ1) is 10.8. The number of rotatable bonds is 1. The van der Waals surface area contributed by atoms with Gasteiger partial charge in [0.05, 0.1) is 29.2 Å². The molecule has 0 spiro atoms. The minimum Gasteiger partial charge on any atom is -0.335 e. The Hall–Kier alpha value is -1.96. The molecule has 0 N–H and O–H groups in total. The summed E-state index contributed by atoms with van der Waals surface area (Å²) in [6.45, 7) is 3.95. The molecule has 2 atom stereocenters. The van der Waals surface area contributed by atoms with Gasteiger partial charge in [0, 0.05) is 32.4 Å². The van der Waals surface area contributed by atoms with Gasteiger partial charge in [-0.25, -0.2) is 8.42 Å². The van der Waals surface area contributed by atoms with Crippen LogP contribution in [-0.4, -0.2) is 71.7 Å². The highest BCUT2D eigenvalue weighted by Crippen LogP contribution is 2.28. The molecule has 23 heavy (non-hydrogen) atoms.